The molecule has 0 spiro atoms. The molecule has 3 heterocycles. The molecule has 0 bridgehead atoms. The third-order valence-electron chi connectivity index (χ3n) is 6.90. The number of nitrogens with zero attached hydrogens (tertiary/aromatic N) is 2. The SMILES string of the molecule is O=c1c(-c2cc(-c3ccccc3)nn2-c2ccccc2)coc2cc(O[C@@H]3O[C@H](CO)[C@@H](O)[C@H](O)[C@H]3O)ccc12. The molecule has 1 aliphatic rings. The van der Waals surface area contributed by atoms with Crippen LogP contribution in [0, 0.1) is 0 Å². The lowest BCUT2D eigenvalue weighted by molar-refractivity contribution is -0.277. The summed E-state index contributed by atoms with van der Waals surface area (Å²) >= 11 is 0. The van der Waals surface area contributed by atoms with E-state index < -0.39 is 37.3 Å². The number of aliphatic hydroxyl groups is 4. The molecule has 3 aromatic carbocycles. The Hall–Kier alpha value is -4.32. The molecule has 1 saturated heterocycles. The predicted octanol–water partition coefficient (Wildman–Crippen LogP) is 2.49. The largest absolute Gasteiger partial charge is 0.463 e. The summed E-state index contributed by atoms with van der Waals surface area (Å²) in [4.78, 5) is 13.7. The van der Waals surface area contributed by atoms with E-state index in [0.29, 0.717) is 22.3 Å². The number of hydrogen-bond donors (Lipinski definition) is 4. The van der Waals surface area contributed by atoms with Crippen molar-refractivity contribution in [3.05, 3.63) is 101 Å². The van der Waals surface area contributed by atoms with Gasteiger partial charge in [0, 0.05) is 11.6 Å². The monoisotopic (exact) mass is 542 g/mol. The molecule has 10 nitrogen and oxygen atoms in total. The number of ether oxygens (including phenoxy) is 2. The molecule has 6 rings (SSSR count). The van der Waals surface area contributed by atoms with E-state index >= 15 is 0 Å². The van der Waals surface area contributed by atoms with Crippen LogP contribution in [-0.4, -0.2) is 67.5 Å². The Morgan fingerprint density at radius 1 is 0.875 bits per heavy atom. The number of fused-ring (bicyclic) bond motifs is 1. The van der Waals surface area contributed by atoms with Crippen LogP contribution >= 0.6 is 0 Å². The summed E-state index contributed by atoms with van der Waals surface area (Å²) in [6, 6.07) is 25.5. The second-order valence-electron chi connectivity index (χ2n) is 9.48. The van der Waals surface area contributed by atoms with Crippen LogP contribution < -0.4 is 10.2 Å². The summed E-state index contributed by atoms with van der Waals surface area (Å²) in [5.41, 5.74) is 3.20. The zero-order valence-corrected chi connectivity index (χ0v) is 21.1. The van der Waals surface area contributed by atoms with E-state index in [-0.39, 0.29) is 16.8 Å². The van der Waals surface area contributed by atoms with Crippen molar-refractivity contribution < 1.29 is 34.3 Å². The lowest BCUT2D eigenvalue weighted by Crippen LogP contribution is -2.60. The summed E-state index contributed by atoms with van der Waals surface area (Å²) in [5.74, 6) is 0.188. The first kappa shape index (κ1) is 25.9. The normalized spacial score (nSPS) is 22.9. The third kappa shape index (κ3) is 4.68. The van der Waals surface area contributed by atoms with Crippen molar-refractivity contribution in [2.24, 2.45) is 0 Å². The minimum Gasteiger partial charge on any atom is -0.463 e. The highest BCUT2D eigenvalue weighted by molar-refractivity contribution is 5.83. The topological polar surface area (TPSA) is 147 Å². The van der Waals surface area contributed by atoms with E-state index in [1.807, 2.05) is 66.7 Å². The zero-order valence-electron chi connectivity index (χ0n) is 21.1. The molecule has 10 heteroatoms. The number of para-hydroxylation sites is 1. The van der Waals surface area contributed by atoms with Gasteiger partial charge in [0.15, 0.2) is 0 Å². The molecule has 4 N–H and O–H groups in total. The van der Waals surface area contributed by atoms with Gasteiger partial charge in [0.2, 0.25) is 11.7 Å². The Morgan fingerprint density at radius 2 is 1.60 bits per heavy atom. The predicted molar refractivity (Wildman–Crippen MR) is 145 cm³/mol. The van der Waals surface area contributed by atoms with Crippen LogP contribution in [0.1, 0.15) is 0 Å². The van der Waals surface area contributed by atoms with Crippen LogP contribution in [-0.2, 0) is 4.74 Å². The molecule has 0 unspecified atom stereocenters. The summed E-state index contributed by atoms with van der Waals surface area (Å²) in [5, 5.41) is 44.8. The van der Waals surface area contributed by atoms with Gasteiger partial charge in [-0.2, -0.15) is 5.10 Å². The van der Waals surface area contributed by atoms with Gasteiger partial charge in [0.05, 0.1) is 34.6 Å². The van der Waals surface area contributed by atoms with Crippen molar-refractivity contribution in [3.8, 4) is 34.0 Å². The Balaban J connectivity index is 1.37. The van der Waals surface area contributed by atoms with E-state index in [4.69, 9.17) is 19.0 Å². The van der Waals surface area contributed by atoms with E-state index in [0.717, 1.165) is 11.3 Å². The van der Waals surface area contributed by atoms with Crippen molar-refractivity contribution in [3.63, 3.8) is 0 Å². The molecule has 0 aliphatic carbocycles. The summed E-state index contributed by atoms with van der Waals surface area (Å²) in [6.45, 7) is -0.578. The first-order valence-electron chi connectivity index (χ1n) is 12.7. The fourth-order valence-electron chi connectivity index (χ4n) is 4.75. The van der Waals surface area contributed by atoms with E-state index in [1.54, 1.807) is 4.68 Å². The van der Waals surface area contributed by atoms with Crippen LogP contribution in [0.15, 0.2) is 100 Å². The maximum Gasteiger partial charge on any atom is 0.229 e. The minimum atomic E-state index is -1.58. The van der Waals surface area contributed by atoms with Gasteiger partial charge in [-0.1, -0.05) is 48.5 Å². The first-order chi connectivity index (χ1) is 19.4. The Morgan fingerprint density at radius 3 is 2.33 bits per heavy atom. The summed E-state index contributed by atoms with van der Waals surface area (Å²) < 4.78 is 18.7. The molecule has 2 aromatic heterocycles. The van der Waals surface area contributed by atoms with Gasteiger partial charge in [-0.3, -0.25) is 4.79 Å². The van der Waals surface area contributed by atoms with E-state index in [1.165, 1.54) is 24.5 Å². The number of aliphatic hydroxyl groups excluding tert-OH is 4. The second-order valence-corrected chi connectivity index (χ2v) is 9.48. The van der Waals surface area contributed by atoms with Gasteiger partial charge in [0.25, 0.3) is 0 Å². The van der Waals surface area contributed by atoms with Gasteiger partial charge >= 0.3 is 0 Å². The number of aromatic nitrogens is 2. The lowest BCUT2D eigenvalue weighted by atomic mass is 9.99. The highest BCUT2D eigenvalue weighted by Crippen LogP contribution is 2.30. The molecule has 1 aliphatic heterocycles. The lowest BCUT2D eigenvalue weighted by Gasteiger charge is -2.39. The van der Waals surface area contributed by atoms with Crippen LogP contribution in [0.2, 0.25) is 0 Å². The highest BCUT2D eigenvalue weighted by Gasteiger charge is 2.44. The van der Waals surface area contributed by atoms with Crippen molar-refractivity contribution in [2.45, 2.75) is 30.7 Å². The molecular weight excluding hydrogens is 516 g/mol. The van der Waals surface area contributed by atoms with Crippen LogP contribution in [0.5, 0.6) is 5.75 Å². The molecule has 0 radical (unpaired) electrons. The molecule has 5 atom stereocenters. The van der Waals surface area contributed by atoms with Crippen molar-refractivity contribution in [1.82, 2.24) is 9.78 Å². The van der Waals surface area contributed by atoms with Crippen LogP contribution in [0.4, 0.5) is 0 Å². The third-order valence-corrected chi connectivity index (χ3v) is 6.90. The fraction of sp³-hybridized carbons (Fsp3) is 0.200. The van der Waals surface area contributed by atoms with Crippen molar-refractivity contribution >= 4 is 11.0 Å². The summed E-state index contributed by atoms with van der Waals surface area (Å²) in [6.07, 6.45) is -5.75. The van der Waals surface area contributed by atoms with Gasteiger partial charge in [-0.15, -0.1) is 0 Å². The van der Waals surface area contributed by atoms with Gasteiger partial charge in [-0.05, 0) is 30.3 Å². The quantitative estimate of drug-likeness (QED) is 0.254. The highest BCUT2D eigenvalue weighted by atomic mass is 16.7. The maximum atomic E-state index is 13.7. The van der Waals surface area contributed by atoms with Gasteiger partial charge < -0.3 is 34.3 Å². The fourth-order valence-corrected chi connectivity index (χ4v) is 4.75. The number of rotatable bonds is 6. The molecule has 204 valence electrons. The van der Waals surface area contributed by atoms with E-state index in [2.05, 4.69) is 0 Å². The summed E-state index contributed by atoms with van der Waals surface area (Å²) in [7, 11) is 0. The number of benzene rings is 3. The van der Waals surface area contributed by atoms with Crippen LogP contribution in [0.25, 0.3) is 39.2 Å². The molecule has 1 fully saturated rings. The van der Waals surface area contributed by atoms with Crippen molar-refractivity contribution in [2.75, 3.05) is 6.61 Å². The van der Waals surface area contributed by atoms with Gasteiger partial charge in [-0.25, -0.2) is 4.68 Å². The zero-order chi connectivity index (χ0) is 27.8. The van der Waals surface area contributed by atoms with Crippen LogP contribution in [0.3, 0.4) is 0 Å². The molecular formula is C30H26N2O8. The second kappa shape index (κ2) is 10.7. The average Bonchev–Trinajstić information content (AvgIpc) is 3.44. The molecule has 0 amide bonds. The molecule has 0 saturated carbocycles. The smallest absolute Gasteiger partial charge is 0.229 e. The van der Waals surface area contributed by atoms with Gasteiger partial charge in [0.1, 0.15) is 42.0 Å². The Labute approximate surface area is 227 Å². The Kier molecular flexibility index (Phi) is 6.93. The standard InChI is InChI=1S/C30H26N2O8/c33-15-25-27(35)28(36)29(37)30(40-25)39-19-11-12-20-24(13-19)38-16-21(26(20)34)23-14-22(17-7-3-1-4-8-17)31-32(23)18-9-5-2-6-10-18/h1-14,16,25,27-30,33,35-37H,15H2/t25-,27-,28+,29-,30-/m1/s1. The maximum absolute atomic E-state index is 13.7. The average molecular weight is 543 g/mol. The van der Waals surface area contributed by atoms with E-state index in [9.17, 15) is 25.2 Å². The van der Waals surface area contributed by atoms with Crippen molar-refractivity contribution in [1.29, 1.82) is 0 Å². The first-order valence-corrected chi connectivity index (χ1v) is 12.7. The minimum absolute atomic E-state index is 0.188. The molecule has 5 aromatic rings. The number of hydrogen-bond acceptors (Lipinski definition) is 9. The molecule has 40 heavy (non-hydrogen) atoms. The Bertz CT molecular complexity index is 1680.